The van der Waals surface area contributed by atoms with Gasteiger partial charge in [-0.3, -0.25) is 4.79 Å². The fraction of sp³-hybridized carbons (Fsp3) is 0.909. The number of rotatable bonds is 3. The average Bonchev–Trinajstić information content (AvgIpc) is 2.17. The van der Waals surface area contributed by atoms with Crippen molar-refractivity contribution in [1.29, 1.82) is 0 Å². The number of alkyl halides is 1. The zero-order chi connectivity index (χ0) is 10.6. The van der Waals surface area contributed by atoms with Gasteiger partial charge in [-0.2, -0.15) is 0 Å². The van der Waals surface area contributed by atoms with E-state index in [1.54, 1.807) is 0 Å². The van der Waals surface area contributed by atoms with Crippen molar-refractivity contribution in [3.63, 3.8) is 0 Å². The third-order valence-electron chi connectivity index (χ3n) is 2.90. The first-order chi connectivity index (χ1) is 6.65. The van der Waals surface area contributed by atoms with Crippen LogP contribution in [0, 0.1) is 11.8 Å². The Morgan fingerprint density at radius 3 is 2.86 bits per heavy atom. The fourth-order valence-corrected chi connectivity index (χ4v) is 2.77. The molecule has 0 heterocycles. The van der Waals surface area contributed by atoms with Crippen molar-refractivity contribution >= 4 is 21.9 Å². The van der Waals surface area contributed by atoms with Gasteiger partial charge in [0, 0.05) is 0 Å². The predicted octanol–water partition coefficient (Wildman–Crippen LogP) is 3.14. The summed E-state index contributed by atoms with van der Waals surface area (Å²) in [7, 11) is 0. The molecule has 0 aromatic rings. The molecule has 1 rings (SSSR count). The highest BCUT2D eigenvalue weighted by molar-refractivity contribution is 9.10. The topological polar surface area (TPSA) is 26.3 Å². The Morgan fingerprint density at radius 1 is 1.57 bits per heavy atom. The molecule has 0 bridgehead atoms. The van der Waals surface area contributed by atoms with Crippen LogP contribution >= 0.6 is 15.9 Å². The lowest BCUT2D eigenvalue weighted by Crippen LogP contribution is -2.29. The first-order valence-electron chi connectivity index (χ1n) is 5.45. The minimum Gasteiger partial charge on any atom is -0.465 e. The van der Waals surface area contributed by atoms with E-state index in [2.05, 4.69) is 22.9 Å². The van der Waals surface area contributed by atoms with E-state index in [0.29, 0.717) is 12.5 Å². The third-order valence-corrected chi connectivity index (χ3v) is 4.02. The zero-order valence-corrected chi connectivity index (χ0v) is 10.5. The summed E-state index contributed by atoms with van der Waals surface area (Å²) in [5.74, 6) is 1.13. The van der Waals surface area contributed by atoms with Gasteiger partial charge in [0.1, 0.15) is 4.83 Å². The van der Waals surface area contributed by atoms with Gasteiger partial charge >= 0.3 is 5.97 Å². The number of carbonyl (C=O) groups excluding carboxylic acids is 1. The molecule has 82 valence electrons. The Labute approximate surface area is 94.5 Å². The van der Waals surface area contributed by atoms with E-state index in [1.165, 1.54) is 12.8 Å². The predicted molar refractivity (Wildman–Crippen MR) is 60.5 cm³/mol. The summed E-state index contributed by atoms with van der Waals surface area (Å²) in [6, 6.07) is 0. The second-order valence-corrected chi connectivity index (χ2v) is 5.17. The number of ether oxygens (including phenoxy) is 1. The minimum absolute atomic E-state index is 0.0911. The lowest BCUT2D eigenvalue weighted by Gasteiger charge is -2.29. The van der Waals surface area contributed by atoms with Crippen molar-refractivity contribution in [2.24, 2.45) is 11.8 Å². The van der Waals surface area contributed by atoms with Crippen molar-refractivity contribution in [3.8, 4) is 0 Å². The summed E-state index contributed by atoms with van der Waals surface area (Å²) in [5.41, 5.74) is 0. The molecule has 0 aliphatic heterocycles. The van der Waals surface area contributed by atoms with Crippen LogP contribution in [0.3, 0.4) is 0 Å². The third kappa shape index (κ3) is 3.26. The van der Waals surface area contributed by atoms with E-state index in [-0.39, 0.29) is 10.8 Å². The number of carbonyl (C=O) groups is 1. The summed E-state index contributed by atoms with van der Waals surface area (Å²) >= 11 is 3.46. The molecule has 0 unspecified atom stereocenters. The molecule has 1 aliphatic rings. The minimum atomic E-state index is -0.0924. The number of esters is 1. The van der Waals surface area contributed by atoms with Crippen molar-refractivity contribution in [3.05, 3.63) is 0 Å². The lowest BCUT2D eigenvalue weighted by atomic mass is 9.81. The van der Waals surface area contributed by atoms with E-state index < -0.39 is 0 Å². The Bertz CT molecular complexity index is 194. The van der Waals surface area contributed by atoms with Crippen LogP contribution in [0.1, 0.15) is 39.5 Å². The molecule has 0 amide bonds. The van der Waals surface area contributed by atoms with Gasteiger partial charge in [0.2, 0.25) is 0 Å². The molecule has 3 atom stereocenters. The van der Waals surface area contributed by atoms with Crippen LogP contribution in [0.5, 0.6) is 0 Å². The van der Waals surface area contributed by atoms with Crippen LogP contribution < -0.4 is 0 Å². The first kappa shape index (κ1) is 12.0. The molecule has 2 nitrogen and oxygen atoms in total. The molecule has 1 aliphatic carbocycles. The summed E-state index contributed by atoms with van der Waals surface area (Å²) < 4.78 is 5.01. The maximum absolute atomic E-state index is 11.5. The Balaban J connectivity index is 2.42. The highest BCUT2D eigenvalue weighted by Gasteiger charge is 2.30. The molecular formula is C11H19BrO2. The van der Waals surface area contributed by atoms with Crippen molar-refractivity contribution in [1.82, 2.24) is 0 Å². The second kappa shape index (κ2) is 5.74. The molecule has 3 heteroatoms. The van der Waals surface area contributed by atoms with Crippen LogP contribution in [-0.2, 0) is 9.53 Å². The average molecular weight is 263 g/mol. The normalized spacial score (nSPS) is 29.6. The van der Waals surface area contributed by atoms with Gasteiger partial charge in [0.05, 0.1) is 6.61 Å². The maximum atomic E-state index is 11.5. The van der Waals surface area contributed by atoms with Crippen LogP contribution in [0.2, 0.25) is 0 Å². The van der Waals surface area contributed by atoms with Gasteiger partial charge in [-0.05, 0) is 31.6 Å². The van der Waals surface area contributed by atoms with Crippen LogP contribution in [0.4, 0.5) is 0 Å². The van der Waals surface area contributed by atoms with E-state index in [9.17, 15) is 4.79 Å². The molecule has 1 fully saturated rings. The van der Waals surface area contributed by atoms with Crippen molar-refractivity contribution in [2.75, 3.05) is 6.61 Å². The highest BCUT2D eigenvalue weighted by Crippen LogP contribution is 2.34. The van der Waals surface area contributed by atoms with Gasteiger partial charge in [0.15, 0.2) is 0 Å². The van der Waals surface area contributed by atoms with E-state index in [0.717, 1.165) is 18.8 Å². The zero-order valence-electron chi connectivity index (χ0n) is 8.96. The number of hydrogen-bond donors (Lipinski definition) is 0. The quantitative estimate of drug-likeness (QED) is 0.577. The summed E-state index contributed by atoms with van der Waals surface area (Å²) in [6.45, 7) is 4.58. The van der Waals surface area contributed by atoms with E-state index in [4.69, 9.17) is 4.74 Å². The van der Waals surface area contributed by atoms with Crippen LogP contribution in [0.25, 0.3) is 0 Å². The molecule has 0 saturated heterocycles. The second-order valence-electron chi connectivity index (χ2n) is 4.19. The summed E-state index contributed by atoms with van der Waals surface area (Å²) in [4.78, 5) is 11.4. The highest BCUT2D eigenvalue weighted by atomic mass is 79.9. The standard InChI is InChI=1S/C11H19BrO2/c1-3-14-11(13)10(12)9-6-4-5-8(2)7-9/h8-10H,3-7H2,1-2H3/t8-,9+,10-/m1/s1. The van der Waals surface area contributed by atoms with Gasteiger partial charge < -0.3 is 4.74 Å². The van der Waals surface area contributed by atoms with Crippen LogP contribution in [0.15, 0.2) is 0 Å². The summed E-state index contributed by atoms with van der Waals surface area (Å²) in [5, 5.41) is 0. The molecule has 1 saturated carbocycles. The molecule has 0 spiro atoms. The Hall–Kier alpha value is -0.0500. The monoisotopic (exact) mass is 262 g/mol. The fourth-order valence-electron chi connectivity index (χ4n) is 2.16. The lowest BCUT2D eigenvalue weighted by molar-refractivity contribution is -0.143. The number of halogens is 1. The number of hydrogen-bond acceptors (Lipinski definition) is 2. The Morgan fingerprint density at radius 2 is 2.29 bits per heavy atom. The molecule has 0 N–H and O–H groups in total. The molecule has 0 aromatic carbocycles. The largest absolute Gasteiger partial charge is 0.465 e. The van der Waals surface area contributed by atoms with Gasteiger partial charge in [-0.25, -0.2) is 0 Å². The van der Waals surface area contributed by atoms with E-state index in [1.807, 2.05) is 6.92 Å². The maximum Gasteiger partial charge on any atom is 0.319 e. The smallest absolute Gasteiger partial charge is 0.319 e. The molecule has 0 aromatic heterocycles. The Kier molecular flexibility index (Phi) is 4.93. The van der Waals surface area contributed by atoms with Crippen molar-refractivity contribution < 1.29 is 9.53 Å². The van der Waals surface area contributed by atoms with Crippen molar-refractivity contribution in [2.45, 2.75) is 44.4 Å². The van der Waals surface area contributed by atoms with Gasteiger partial charge in [0.25, 0.3) is 0 Å². The van der Waals surface area contributed by atoms with Gasteiger partial charge in [-0.15, -0.1) is 0 Å². The first-order valence-corrected chi connectivity index (χ1v) is 6.37. The van der Waals surface area contributed by atoms with Gasteiger partial charge in [-0.1, -0.05) is 35.7 Å². The molecule has 0 radical (unpaired) electrons. The summed E-state index contributed by atoms with van der Waals surface area (Å²) in [6.07, 6.45) is 4.85. The van der Waals surface area contributed by atoms with E-state index >= 15 is 0 Å². The molecular weight excluding hydrogens is 244 g/mol. The SMILES string of the molecule is CCOC(=O)[C@H](Br)[C@H]1CCC[C@@H](C)C1. The molecule has 14 heavy (non-hydrogen) atoms. The van der Waals surface area contributed by atoms with Crippen LogP contribution in [-0.4, -0.2) is 17.4 Å².